The number of hydrogen-bond acceptors (Lipinski definition) is 4. The van der Waals surface area contributed by atoms with E-state index >= 15 is 0 Å². The third-order valence-electron chi connectivity index (χ3n) is 4.19. The van der Waals surface area contributed by atoms with Gasteiger partial charge in [0.2, 0.25) is 5.91 Å². The van der Waals surface area contributed by atoms with Gasteiger partial charge in [-0.2, -0.15) is 0 Å². The summed E-state index contributed by atoms with van der Waals surface area (Å²) in [6.45, 7) is 5.08. The van der Waals surface area contributed by atoms with Crippen LogP contribution in [0.15, 0.2) is 24.3 Å². The van der Waals surface area contributed by atoms with Crippen LogP contribution in [0, 0.1) is 0 Å². The van der Waals surface area contributed by atoms with Gasteiger partial charge in [0.05, 0.1) is 13.2 Å². The monoisotopic (exact) mass is 356 g/mol. The largest absolute Gasteiger partial charge is 0.490 e. The molecule has 1 amide bonds. The van der Waals surface area contributed by atoms with Gasteiger partial charge in [-0.25, -0.2) is 0 Å². The fourth-order valence-corrected chi connectivity index (χ4v) is 2.82. The molecule has 1 aliphatic rings. The number of rotatable bonds is 8. The lowest BCUT2D eigenvalue weighted by Gasteiger charge is -2.31. The third-order valence-corrected chi connectivity index (χ3v) is 4.19. The molecule has 0 aromatic heterocycles. The van der Waals surface area contributed by atoms with Crippen molar-refractivity contribution in [3.8, 4) is 11.5 Å². The summed E-state index contributed by atoms with van der Waals surface area (Å²) in [6.07, 6.45) is 3.33. The molecule has 1 N–H and O–H groups in total. The molecule has 1 heterocycles. The van der Waals surface area contributed by atoms with Crippen LogP contribution in [-0.4, -0.2) is 50.2 Å². The van der Waals surface area contributed by atoms with E-state index < -0.39 is 0 Å². The Morgan fingerprint density at radius 3 is 2.46 bits per heavy atom. The van der Waals surface area contributed by atoms with Gasteiger partial charge in [0.1, 0.15) is 0 Å². The van der Waals surface area contributed by atoms with E-state index in [0.29, 0.717) is 32.1 Å². The molecule has 6 heteroatoms. The molecule has 136 valence electrons. The van der Waals surface area contributed by atoms with Crippen LogP contribution in [-0.2, 0) is 4.79 Å². The van der Waals surface area contributed by atoms with Gasteiger partial charge < -0.3 is 19.7 Å². The minimum Gasteiger partial charge on any atom is -0.490 e. The molecule has 0 saturated carbocycles. The minimum absolute atomic E-state index is 0. The summed E-state index contributed by atoms with van der Waals surface area (Å²) in [7, 11) is 1.92. The Morgan fingerprint density at radius 1 is 1.21 bits per heavy atom. The SMILES string of the molecule is CCOc1ccccc1OCCCC(=O)N(C)C1CCNCC1.Cl. The fourth-order valence-electron chi connectivity index (χ4n) is 2.82. The van der Waals surface area contributed by atoms with Crippen LogP contribution in [0.5, 0.6) is 11.5 Å². The molecule has 0 radical (unpaired) electrons. The van der Waals surface area contributed by atoms with E-state index in [9.17, 15) is 4.79 Å². The number of benzene rings is 1. The van der Waals surface area contributed by atoms with Crippen molar-refractivity contribution >= 4 is 18.3 Å². The average molecular weight is 357 g/mol. The number of carbonyl (C=O) groups excluding carboxylic acids is 1. The minimum atomic E-state index is 0. The van der Waals surface area contributed by atoms with Gasteiger partial charge in [-0.1, -0.05) is 12.1 Å². The molecular formula is C18H29ClN2O3. The third kappa shape index (κ3) is 6.21. The molecule has 1 saturated heterocycles. The van der Waals surface area contributed by atoms with Crippen LogP contribution in [0.3, 0.4) is 0 Å². The summed E-state index contributed by atoms with van der Waals surface area (Å²) < 4.78 is 11.3. The maximum Gasteiger partial charge on any atom is 0.222 e. The van der Waals surface area contributed by atoms with Crippen molar-refractivity contribution < 1.29 is 14.3 Å². The Morgan fingerprint density at radius 2 is 1.83 bits per heavy atom. The number of piperidine rings is 1. The molecule has 24 heavy (non-hydrogen) atoms. The van der Waals surface area contributed by atoms with E-state index in [-0.39, 0.29) is 18.3 Å². The quantitative estimate of drug-likeness (QED) is 0.728. The number of para-hydroxylation sites is 2. The molecule has 1 aromatic rings. The first-order valence-electron chi connectivity index (χ1n) is 8.53. The molecule has 2 rings (SSSR count). The van der Waals surface area contributed by atoms with Crippen molar-refractivity contribution in [1.29, 1.82) is 0 Å². The predicted octanol–water partition coefficient (Wildman–Crippen LogP) is 2.88. The second kappa shape index (κ2) is 11.2. The van der Waals surface area contributed by atoms with Crippen molar-refractivity contribution in [2.24, 2.45) is 0 Å². The lowest BCUT2D eigenvalue weighted by Crippen LogP contribution is -2.43. The van der Waals surface area contributed by atoms with Gasteiger partial charge in [0.15, 0.2) is 11.5 Å². The first-order chi connectivity index (χ1) is 11.2. The second-order valence-corrected chi connectivity index (χ2v) is 5.82. The number of nitrogens with one attached hydrogen (secondary N) is 1. The van der Waals surface area contributed by atoms with E-state index in [4.69, 9.17) is 9.47 Å². The Bertz CT molecular complexity index is 493. The first kappa shape index (κ1) is 20.6. The molecule has 0 atom stereocenters. The molecule has 0 bridgehead atoms. The van der Waals surface area contributed by atoms with Crippen LogP contribution >= 0.6 is 12.4 Å². The maximum absolute atomic E-state index is 12.2. The van der Waals surface area contributed by atoms with Gasteiger partial charge >= 0.3 is 0 Å². The summed E-state index contributed by atoms with van der Waals surface area (Å²) in [5.74, 6) is 1.71. The summed E-state index contributed by atoms with van der Waals surface area (Å²) in [5.41, 5.74) is 0. The number of halogens is 1. The molecule has 1 aromatic carbocycles. The van der Waals surface area contributed by atoms with Crippen LogP contribution in [0.4, 0.5) is 0 Å². The Balaban J connectivity index is 0.00000288. The topological polar surface area (TPSA) is 50.8 Å². The van der Waals surface area contributed by atoms with Gasteiger partial charge in [0, 0.05) is 19.5 Å². The molecule has 1 fully saturated rings. The number of nitrogens with zero attached hydrogens (tertiary/aromatic N) is 1. The number of hydrogen-bond donors (Lipinski definition) is 1. The molecule has 5 nitrogen and oxygen atoms in total. The molecule has 0 aliphatic carbocycles. The van der Waals surface area contributed by atoms with Crippen molar-refractivity contribution in [3.63, 3.8) is 0 Å². The highest BCUT2D eigenvalue weighted by Crippen LogP contribution is 2.26. The van der Waals surface area contributed by atoms with Gasteiger partial charge in [-0.05, 0) is 51.4 Å². The Kier molecular flexibility index (Phi) is 9.57. The lowest BCUT2D eigenvalue weighted by molar-refractivity contribution is -0.132. The highest BCUT2D eigenvalue weighted by molar-refractivity contribution is 5.85. The number of carbonyl (C=O) groups is 1. The Labute approximate surface area is 151 Å². The summed E-state index contributed by atoms with van der Waals surface area (Å²) in [5, 5.41) is 3.32. The van der Waals surface area contributed by atoms with E-state index in [1.165, 1.54) is 0 Å². The smallest absolute Gasteiger partial charge is 0.222 e. The standard InChI is InChI=1S/C18H28N2O3.ClH/c1-3-22-16-7-4-5-8-17(16)23-14-6-9-18(21)20(2)15-10-12-19-13-11-15;/h4-5,7-8,15,19H,3,6,9-14H2,1-2H3;1H. The van der Waals surface area contributed by atoms with Gasteiger partial charge in [-0.3, -0.25) is 4.79 Å². The van der Waals surface area contributed by atoms with Crippen LogP contribution < -0.4 is 14.8 Å². The zero-order valence-corrected chi connectivity index (χ0v) is 15.4. The van der Waals surface area contributed by atoms with Crippen LogP contribution in [0.1, 0.15) is 32.6 Å². The van der Waals surface area contributed by atoms with E-state index in [2.05, 4.69) is 5.32 Å². The average Bonchev–Trinajstić information content (AvgIpc) is 2.60. The zero-order valence-electron chi connectivity index (χ0n) is 14.6. The summed E-state index contributed by atoms with van der Waals surface area (Å²) in [4.78, 5) is 14.2. The second-order valence-electron chi connectivity index (χ2n) is 5.82. The summed E-state index contributed by atoms with van der Waals surface area (Å²) in [6, 6.07) is 8.02. The van der Waals surface area contributed by atoms with Crippen LogP contribution in [0.2, 0.25) is 0 Å². The van der Waals surface area contributed by atoms with Crippen molar-refractivity contribution in [2.45, 2.75) is 38.6 Å². The molecule has 0 unspecified atom stereocenters. The number of ether oxygens (including phenoxy) is 2. The predicted molar refractivity (Wildman–Crippen MR) is 98.2 cm³/mol. The van der Waals surface area contributed by atoms with Crippen LogP contribution in [0.25, 0.3) is 0 Å². The van der Waals surface area contributed by atoms with Crippen molar-refractivity contribution in [1.82, 2.24) is 10.2 Å². The van der Waals surface area contributed by atoms with Crippen molar-refractivity contribution in [3.05, 3.63) is 24.3 Å². The van der Waals surface area contributed by atoms with E-state index in [1.807, 2.05) is 43.1 Å². The fraction of sp³-hybridized carbons (Fsp3) is 0.611. The van der Waals surface area contributed by atoms with Gasteiger partial charge in [0.25, 0.3) is 0 Å². The van der Waals surface area contributed by atoms with Gasteiger partial charge in [-0.15, -0.1) is 12.4 Å². The highest BCUT2D eigenvalue weighted by Gasteiger charge is 2.21. The first-order valence-corrected chi connectivity index (χ1v) is 8.53. The lowest BCUT2D eigenvalue weighted by atomic mass is 10.0. The summed E-state index contributed by atoms with van der Waals surface area (Å²) >= 11 is 0. The zero-order chi connectivity index (χ0) is 16.5. The maximum atomic E-state index is 12.2. The Hall–Kier alpha value is -1.46. The van der Waals surface area contributed by atoms with E-state index in [1.54, 1.807) is 0 Å². The molecule has 1 aliphatic heterocycles. The highest BCUT2D eigenvalue weighted by atomic mass is 35.5. The molecule has 0 spiro atoms. The van der Waals surface area contributed by atoms with E-state index in [0.717, 1.165) is 37.4 Å². The molecular weight excluding hydrogens is 328 g/mol. The normalized spacial score (nSPS) is 14.6. The van der Waals surface area contributed by atoms with Crippen molar-refractivity contribution in [2.75, 3.05) is 33.4 Å². The number of amides is 1.